The van der Waals surface area contributed by atoms with E-state index in [0.29, 0.717) is 52.1 Å². The SMILES string of the molecule is COc1ccc(C23C(=O)N(Nc4ccc(Cl)cc4Cl)C(=O)C2CC2C(=CCC4C(=O)N(c5ccc(N6CCOCC6)cc5)C(=O)C42)C3c2c(O)cccc2OC)cc1. The molecule has 0 bridgehead atoms. The monoisotopic (exact) mass is 822 g/mol. The summed E-state index contributed by atoms with van der Waals surface area (Å²) in [6, 6.07) is 23.9. The molecule has 14 heteroatoms. The van der Waals surface area contributed by atoms with Gasteiger partial charge < -0.3 is 24.2 Å². The molecule has 298 valence electrons. The number of amides is 4. The van der Waals surface area contributed by atoms with Gasteiger partial charge in [-0.3, -0.25) is 29.5 Å². The molecule has 0 spiro atoms. The minimum Gasteiger partial charge on any atom is -0.508 e. The van der Waals surface area contributed by atoms with Crippen molar-refractivity contribution in [1.29, 1.82) is 0 Å². The normalized spacial score (nSPS) is 26.6. The summed E-state index contributed by atoms with van der Waals surface area (Å²) >= 11 is 12.8. The minimum absolute atomic E-state index is 0.0609. The molecule has 5 aliphatic rings. The van der Waals surface area contributed by atoms with Crippen LogP contribution >= 0.6 is 23.2 Å². The highest BCUT2D eigenvalue weighted by Gasteiger charge is 2.71. The fraction of sp³-hybridized carbons (Fsp3) is 0.318. The van der Waals surface area contributed by atoms with Gasteiger partial charge in [-0.15, -0.1) is 0 Å². The van der Waals surface area contributed by atoms with Crippen LogP contribution < -0.4 is 24.7 Å². The molecule has 9 rings (SSSR count). The van der Waals surface area contributed by atoms with Crippen molar-refractivity contribution in [3.8, 4) is 17.2 Å². The Balaban J connectivity index is 1.19. The molecule has 58 heavy (non-hydrogen) atoms. The van der Waals surface area contributed by atoms with Crippen LogP contribution in [0.4, 0.5) is 17.1 Å². The molecule has 4 fully saturated rings. The number of hydrogen-bond acceptors (Lipinski definition) is 10. The molecule has 6 unspecified atom stereocenters. The van der Waals surface area contributed by atoms with Crippen molar-refractivity contribution >= 4 is 63.9 Å². The Morgan fingerprint density at radius 1 is 0.828 bits per heavy atom. The van der Waals surface area contributed by atoms with E-state index in [2.05, 4.69) is 10.3 Å². The van der Waals surface area contributed by atoms with Crippen molar-refractivity contribution in [3.63, 3.8) is 0 Å². The number of phenolic OH excluding ortho intramolecular Hbond substituents is 1. The molecule has 4 amide bonds. The fourth-order valence-electron chi connectivity index (χ4n) is 10.0. The molecular formula is C44H40Cl2N4O8. The number of ether oxygens (including phenoxy) is 3. The van der Waals surface area contributed by atoms with Crippen molar-refractivity contribution in [3.05, 3.63) is 118 Å². The molecule has 0 aromatic heterocycles. The van der Waals surface area contributed by atoms with Crippen LogP contribution in [0.1, 0.15) is 29.9 Å². The highest BCUT2D eigenvalue weighted by atomic mass is 35.5. The van der Waals surface area contributed by atoms with Crippen molar-refractivity contribution in [2.75, 3.05) is 55.7 Å². The summed E-state index contributed by atoms with van der Waals surface area (Å²) in [6.07, 6.45) is 2.21. The summed E-state index contributed by atoms with van der Waals surface area (Å²) in [5.74, 6) is -5.44. The van der Waals surface area contributed by atoms with Gasteiger partial charge in [-0.2, -0.15) is 5.01 Å². The first-order valence-corrected chi connectivity index (χ1v) is 19.9. The van der Waals surface area contributed by atoms with Crippen LogP contribution in [-0.2, 0) is 29.3 Å². The maximum atomic E-state index is 15.6. The van der Waals surface area contributed by atoms with E-state index < -0.39 is 46.8 Å². The quantitative estimate of drug-likeness (QED) is 0.145. The lowest BCUT2D eigenvalue weighted by atomic mass is 9.49. The Hall–Kier alpha value is -5.56. The molecule has 4 aromatic carbocycles. The molecule has 2 N–H and O–H groups in total. The summed E-state index contributed by atoms with van der Waals surface area (Å²) in [7, 11) is 3.01. The van der Waals surface area contributed by atoms with Crippen LogP contribution in [0, 0.1) is 23.7 Å². The molecule has 6 atom stereocenters. The van der Waals surface area contributed by atoms with Crippen LogP contribution in [0.15, 0.2) is 96.6 Å². The first-order valence-electron chi connectivity index (χ1n) is 19.2. The van der Waals surface area contributed by atoms with Crippen molar-refractivity contribution in [2.24, 2.45) is 23.7 Å². The Bertz CT molecular complexity index is 2370. The zero-order valence-corrected chi connectivity index (χ0v) is 33.2. The fourth-order valence-corrected chi connectivity index (χ4v) is 10.5. The van der Waals surface area contributed by atoms with Gasteiger partial charge in [-0.25, -0.2) is 0 Å². The largest absolute Gasteiger partial charge is 0.508 e. The number of nitrogens with one attached hydrogen (secondary N) is 1. The Labute approximate surface area is 344 Å². The number of phenols is 1. The van der Waals surface area contributed by atoms with Gasteiger partial charge in [0.2, 0.25) is 11.8 Å². The number of methoxy groups -OCH3 is 2. The minimum atomic E-state index is -1.67. The summed E-state index contributed by atoms with van der Waals surface area (Å²) in [6.45, 7) is 2.72. The van der Waals surface area contributed by atoms with E-state index in [1.165, 1.54) is 31.3 Å². The molecule has 3 heterocycles. The molecule has 1 saturated carbocycles. The predicted molar refractivity (Wildman–Crippen MR) is 217 cm³/mol. The lowest BCUT2D eigenvalue weighted by Gasteiger charge is -2.50. The van der Waals surface area contributed by atoms with Crippen LogP contribution in [0.2, 0.25) is 10.0 Å². The van der Waals surface area contributed by atoms with Gasteiger partial charge in [0, 0.05) is 35.3 Å². The average Bonchev–Trinajstić information content (AvgIpc) is 3.62. The third kappa shape index (κ3) is 5.75. The van der Waals surface area contributed by atoms with Gasteiger partial charge >= 0.3 is 0 Å². The Kier molecular flexibility index (Phi) is 9.61. The number of fused-ring (bicyclic) bond motifs is 4. The summed E-state index contributed by atoms with van der Waals surface area (Å²) < 4.78 is 16.9. The van der Waals surface area contributed by atoms with Gasteiger partial charge in [-0.1, -0.05) is 53.1 Å². The number of carbonyl (C=O) groups excluding carboxylic acids is 4. The average molecular weight is 824 g/mol. The highest BCUT2D eigenvalue weighted by Crippen LogP contribution is 2.66. The number of benzene rings is 4. The molecule has 0 radical (unpaired) electrons. The lowest BCUT2D eigenvalue weighted by Crippen LogP contribution is -2.53. The van der Waals surface area contributed by atoms with E-state index in [1.807, 2.05) is 18.2 Å². The number of hydrazine groups is 1. The number of anilines is 3. The van der Waals surface area contributed by atoms with Crippen LogP contribution in [0.25, 0.3) is 0 Å². The maximum absolute atomic E-state index is 15.6. The maximum Gasteiger partial charge on any atom is 0.260 e. The number of nitrogens with zero attached hydrogens (tertiary/aromatic N) is 3. The van der Waals surface area contributed by atoms with E-state index in [9.17, 15) is 14.7 Å². The molecule has 12 nitrogen and oxygen atoms in total. The number of hydrogen-bond donors (Lipinski definition) is 2. The zero-order valence-electron chi connectivity index (χ0n) is 31.7. The second-order valence-corrected chi connectivity index (χ2v) is 16.1. The second kappa shape index (κ2) is 14.7. The van der Waals surface area contributed by atoms with Crippen LogP contribution in [0.3, 0.4) is 0 Å². The molecule has 4 aromatic rings. The van der Waals surface area contributed by atoms with Crippen LogP contribution in [-0.4, -0.2) is 74.3 Å². The summed E-state index contributed by atoms with van der Waals surface area (Å²) in [5.41, 5.74) is 4.49. The third-order valence-corrected chi connectivity index (χ3v) is 13.2. The number of morpholine rings is 1. The van der Waals surface area contributed by atoms with E-state index in [-0.39, 0.29) is 41.1 Å². The number of aromatic hydroxyl groups is 1. The lowest BCUT2D eigenvalue weighted by molar-refractivity contribution is -0.138. The van der Waals surface area contributed by atoms with E-state index in [0.717, 1.165) is 23.8 Å². The molecule has 3 saturated heterocycles. The second-order valence-electron chi connectivity index (χ2n) is 15.2. The number of allylic oxidation sites excluding steroid dienone is 2. The smallest absolute Gasteiger partial charge is 0.260 e. The first kappa shape index (κ1) is 38.0. The van der Waals surface area contributed by atoms with Gasteiger partial charge in [0.25, 0.3) is 11.8 Å². The number of halogens is 2. The predicted octanol–water partition coefficient (Wildman–Crippen LogP) is 6.74. The summed E-state index contributed by atoms with van der Waals surface area (Å²) in [5, 5.41) is 13.4. The highest BCUT2D eigenvalue weighted by molar-refractivity contribution is 6.36. The van der Waals surface area contributed by atoms with Gasteiger partial charge in [0.15, 0.2) is 0 Å². The van der Waals surface area contributed by atoms with E-state index in [1.54, 1.807) is 60.7 Å². The Morgan fingerprint density at radius 3 is 2.24 bits per heavy atom. The Morgan fingerprint density at radius 2 is 1.55 bits per heavy atom. The van der Waals surface area contributed by atoms with E-state index >= 15 is 9.59 Å². The topological polar surface area (TPSA) is 138 Å². The van der Waals surface area contributed by atoms with Gasteiger partial charge in [0.05, 0.1) is 67.0 Å². The number of rotatable bonds is 8. The van der Waals surface area contributed by atoms with Gasteiger partial charge in [-0.05, 0) is 91.1 Å². The zero-order chi connectivity index (χ0) is 40.5. The first-order chi connectivity index (χ1) is 28.1. The molecular weight excluding hydrogens is 783 g/mol. The number of carbonyl (C=O) groups is 4. The molecule has 2 aliphatic carbocycles. The summed E-state index contributed by atoms with van der Waals surface area (Å²) in [4.78, 5) is 63.2. The standard InChI is InChI=1S/C44H40Cl2N4O8/c1-56-28-13-6-24(7-14-28)44-32(41(53)50(43(44)55)47-34-17-8-25(45)22-33(34)46)23-31-29(39(44)38-35(51)4-3-5-36(38)57-2)15-16-30-37(31)42(54)49(40(30)52)27-11-9-26(10-12-27)48-18-20-58-21-19-48/h3-15,17,22,30-32,37,39,47,51H,16,18-21,23H2,1-2H3. The van der Waals surface area contributed by atoms with Crippen molar-refractivity contribution < 1.29 is 38.5 Å². The van der Waals surface area contributed by atoms with Crippen molar-refractivity contribution in [1.82, 2.24) is 5.01 Å². The van der Waals surface area contributed by atoms with E-state index in [4.69, 9.17) is 37.4 Å². The molecule has 3 aliphatic heterocycles. The number of imide groups is 2. The van der Waals surface area contributed by atoms with Gasteiger partial charge in [0.1, 0.15) is 17.2 Å². The van der Waals surface area contributed by atoms with Crippen molar-refractivity contribution in [2.45, 2.75) is 24.2 Å². The third-order valence-electron chi connectivity index (χ3n) is 12.6. The van der Waals surface area contributed by atoms with Crippen LogP contribution in [0.5, 0.6) is 17.2 Å².